The molecule has 3 unspecified atom stereocenters. The van der Waals surface area contributed by atoms with Crippen molar-refractivity contribution in [2.75, 3.05) is 13.1 Å². The third-order valence-corrected chi connectivity index (χ3v) is 7.60. The van der Waals surface area contributed by atoms with Crippen LogP contribution in [0, 0.1) is 11.8 Å². The SMILES string of the molecule is C=CC=CC(/C=C\C)C1CCNC1.CC.CC.CCCCC(CC)N/N=C(\CCCC(N)=O)c1ccc2ncsc2c1. The second kappa shape index (κ2) is 25.9. The molecule has 0 aliphatic carbocycles. The van der Waals surface area contributed by atoms with Crippen LogP contribution in [-0.4, -0.2) is 35.7 Å². The number of nitrogens with zero attached hydrogens (tertiary/aromatic N) is 2. The van der Waals surface area contributed by atoms with Gasteiger partial charge in [-0.3, -0.25) is 4.79 Å². The second-order valence-corrected chi connectivity index (χ2v) is 10.7. The number of amides is 1. The van der Waals surface area contributed by atoms with Gasteiger partial charge in [-0.25, -0.2) is 4.98 Å². The first-order chi connectivity index (χ1) is 20.5. The van der Waals surface area contributed by atoms with Crippen molar-refractivity contribution in [2.45, 2.75) is 106 Å². The van der Waals surface area contributed by atoms with Crippen molar-refractivity contribution in [2.24, 2.45) is 22.7 Å². The Bertz CT molecular complexity index is 1050. The number of primary amides is 1. The minimum Gasteiger partial charge on any atom is -0.370 e. The largest absolute Gasteiger partial charge is 0.370 e. The topological polar surface area (TPSA) is 92.4 Å². The Kier molecular flexibility index (Phi) is 24.2. The van der Waals surface area contributed by atoms with Gasteiger partial charge in [0.2, 0.25) is 5.91 Å². The number of aromatic nitrogens is 1. The Morgan fingerprint density at radius 2 is 1.98 bits per heavy atom. The lowest BCUT2D eigenvalue weighted by Gasteiger charge is -2.16. The molecule has 7 heteroatoms. The van der Waals surface area contributed by atoms with E-state index in [0.29, 0.717) is 24.8 Å². The summed E-state index contributed by atoms with van der Waals surface area (Å²) < 4.78 is 1.15. The van der Waals surface area contributed by atoms with Crippen LogP contribution in [-0.2, 0) is 4.79 Å². The number of hydrogen-bond acceptors (Lipinski definition) is 6. The first kappa shape index (κ1) is 39.2. The normalized spacial score (nSPS) is 16.1. The molecule has 4 N–H and O–H groups in total. The molecule has 1 saturated heterocycles. The maximum absolute atomic E-state index is 11.0. The van der Waals surface area contributed by atoms with Crippen LogP contribution in [0.5, 0.6) is 0 Å². The third kappa shape index (κ3) is 16.0. The van der Waals surface area contributed by atoms with Gasteiger partial charge in [0, 0.05) is 12.5 Å². The Morgan fingerprint density at radius 1 is 1.21 bits per heavy atom. The van der Waals surface area contributed by atoms with E-state index in [9.17, 15) is 4.79 Å². The van der Waals surface area contributed by atoms with E-state index >= 15 is 0 Å². The molecule has 0 saturated carbocycles. The summed E-state index contributed by atoms with van der Waals surface area (Å²) >= 11 is 1.63. The van der Waals surface area contributed by atoms with E-state index in [-0.39, 0.29) is 5.91 Å². The second-order valence-electron chi connectivity index (χ2n) is 9.77. The van der Waals surface area contributed by atoms with E-state index in [1.807, 2.05) is 51.4 Å². The van der Waals surface area contributed by atoms with Crippen molar-refractivity contribution < 1.29 is 4.79 Å². The zero-order chi connectivity index (χ0) is 31.6. The number of carbonyl (C=O) groups is 1. The first-order valence-electron chi connectivity index (χ1n) is 16.1. The number of rotatable bonds is 15. The highest BCUT2D eigenvalue weighted by atomic mass is 32.1. The van der Waals surface area contributed by atoms with Crippen molar-refractivity contribution in [3.8, 4) is 0 Å². The number of nitrogens with one attached hydrogen (secondary N) is 2. The maximum Gasteiger partial charge on any atom is 0.217 e. The molecule has 236 valence electrons. The van der Waals surface area contributed by atoms with Crippen LogP contribution >= 0.6 is 11.3 Å². The van der Waals surface area contributed by atoms with Crippen LogP contribution in [0.2, 0.25) is 0 Å². The van der Waals surface area contributed by atoms with E-state index in [0.717, 1.165) is 53.2 Å². The molecule has 1 aliphatic rings. The smallest absolute Gasteiger partial charge is 0.217 e. The molecule has 3 atom stereocenters. The van der Waals surface area contributed by atoms with Gasteiger partial charge in [0.25, 0.3) is 0 Å². The fourth-order valence-electron chi connectivity index (χ4n) is 4.52. The van der Waals surface area contributed by atoms with Gasteiger partial charge in [-0.1, -0.05) is 97.4 Å². The highest BCUT2D eigenvalue weighted by Crippen LogP contribution is 2.22. The van der Waals surface area contributed by atoms with Gasteiger partial charge in [-0.05, 0) is 81.6 Å². The predicted octanol–water partition coefficient (Wildman–Crippen LogP) is 8.80. The molecule has 1 fully saturated rings. The van der Waals surface area contributed by atoms with E-state index in [1.165, 1.54) is 25.8 Å². The zero-order valence-corrected chi connectivity index (χ0v) is 28.3. The van der Waals surface area contributed by atoms with Crippen LogP contribution in [0.4, 0.5) is 0 Å². The average molecular weight is 598 g/mol. The molecule has 1 aromatic heterocycles. The quantitative estimate of drug-likeness (QED) is 0.0828. The number of nitrogens with two attached hydrogens (primary N) is 1. The van der Waals surface area contributed by atoms with Crippen molar-refractivity contribution in [3.05, 3.63) is 66.2 Å². The zero-order valence-electron chi connectivity index (χ0n) is 27.5. The fourth-order valence-corrected chi connectivity index (χ4v) is 5.24. The summed E-state index contributed by atoms with van der Waals surface area (Å²) in [7, 11) is 0. The van der Waals surface area contributed by atoms with Crippen LogP contribution < -0.4 is 16.5 Å². The molecule has 0 spiro atoms. The number of fused-ring (bicyclic) bond motifs is 1. The molecule has 42 heavy (non-hydrogen) atoms. The number of carbonyl (C=O) groups excluding carboxylic acids is 1. The molecule has 0 bridgehead atoms. The van der Waals surface area contributed by atoms with Gasteiger partial charge in [-0.15, -0.1) is 11.3 Å². The molecule has 2 heterocycles. The van der Waals surface area contributed by atoms with Crippen molar-refractivity contribution in [3.63, 3.8) is 0 Å². The summed E-state index contributed by atoms with van der Waals surface area (Å²) in [5.41, 5.74) is 13.5. The predicted molar refractivity (Wildman–Crippen MR) is 187 cm³/mol. The lowest BCUT2D eigenvalue weighted by Crippen LogP contribution is -2.25. The summed E-state index contributed by atoms with van der Waals surface area (Å²) in [6.45, 7) is 20.5. The molecule has 1 aliphatic heterocycles. The molecular weight excluding hydrogens is 538 g/mol. The van der Waals surface area contributed by atoms with E-state index in [2.05, 4.69) is 73.4 Å². The molecule has 1 aromatic carbocycles. The molecule has 2 aromatic rings. The van der Waals surface area contributed by atoms with Crippen LogP contribution in [0.15, 0.2) is 65.8 Å². The van der Waals surface area contributed by atoms with Gasteiger partial charge >= 0.3 is 0 Å². The van der Waals surface area contributed by atoms with Crippen LogP contribution in [0.25, 0.3) is 10.2 Å². The monoisotopic (exact) mass is 597 g/mol. The lowest BCUT2D eigenvalue weighted by molar-refractivity contribution is -0.118. The molecule has 0 radical (unpaired) electrons. The van der Waals surface area contributed by atoms with Gasteiger partial charge in [0.05, 0.1) is 21.4 Å². The number of thiazole rings is 1. The van der Waals surface area contributed by atoms with E-state index in [4.69, 9.17) is 10.8 Å². The van der Waals surface area contributed by atoms with Crippen molar-refractivity contribution in [1.29, 1.82) is 0 Å². The number of hydrogen-bond donors (Lipinski definition) is 3. The number of allylic oxidation sites excluding steroid dienone is 5. The summed E-state index contributed by atoms with van der Waals surface area (Å²) in [6, 6.07) is 6.60. The molecule has 6 nitrogen and oxygen atoms in total. The minimum absolute atomic E-state index is 0.264. The van der Waals surface area contributed by atoms with E-state index in [1.54, 1.807) is 11.3 Å². The van der Waals surface area contributed by atoms with Gasteiger partial charge in [-0.2, -0.15) is 5.10 Å². The maximum atomic E-state index is 11.0. The highest BCUT2D eigenvalue weighted by Gasteiger charge is 2.20. The number of benzene rings is 1. The van der Waals surface area contributed by atoms with E-state index < -0.39 is 0 Å². The average Bonchev–Trinajstić information content (AvgIpc) is 3.73. The highest BCUT2D eigenvalue weighted by molar-refractivity contribution is 7.16. The Morgan fingerprint density at radius 3 is 2.57 bits per heavy atom. The molecule has 1 amide bonds. The van der Waals surface area contributed by atoms with Crippen molar-refractivity contribution >= 4 is 33.2 Å². The van der Waals surface area contributed by atoms with Crippen LogP contribution in [0.1, 0.15) is 105 Å². The summed E-state index contributed by atoms with van der Waals surface area (Å²) in [4.78, 5) is 15.4. The fraction of sp³-hybridized carbons (Fsp3) is 0.571. The van der Waals surface area contributed by atoms with Crippen LogP contribution in [0.3, 0.4) is 0 Å². The Hall–Kier alpha value is -2.77. The number of unbranched alkanes of at least 4 members (excludes halogenated alkanes) is 1. The summed E-state index contributed by atoms with van der Waals surface area (Å²) in [6.07, 6.45) is 18.2. The number of hydrazone groups is 1. The van der Waals surface area contributed by atoms with Gasteiger partial charge in [0.1, 0.15) is 0 Å². The summed E-state index contributed by atoms with van der Waals surface area (Å²) in [5, 5.41) is 8.10. The molecular formula is C35H59N5OS. The van der Waals surface area contributed by atoms with Crippen molar-refractivity contribution in [1.82, 2.24) is 15.7 Å². The lowest BCUT2D eigenvalue weighted by atomic mass is 9.91. The summed E-state index contributed by atoms with van der Waals surface area (Å²) in [5.74, 6) is 1.09. The van der Waals surface area contributed by atoms with Gasteiger partial charge in [0.15, 0.2) is 0 Å². The third-order valence-electron chi connectivity index (χ3n) is 6.81. The minimum atomic E-state index is -0.264. The first-order valence-corrected chi connectivity index (χ1v) is 17.0. The Labute approximate surface area is 261 Å². The molecule has 3 rings (SSSR count). The standard InChI is InChI=1S/C19H28N4OS.C12H19N.2C2H6/c1-3-5-7-15(4-2)22-23-16(8-6-9-19(20)24)14-10-11-17-18(12-14)25-13-21-17;1-3-5-7-11(6-4-2)12-8-9-13-10-12;2*1-2/h10-13,15,22H,3-9H2,1-2H3,(H2,20,24);3-7,11-13H,1,8-10H2,2H3;2*1-2H3/b23-16+;6-4-,7-5?;;. The Balaban J connectivity index is 0.000000831. The van der Waals surface area contributed by atoms with Gasteiger partial charge < -0.3 is 16.5 Å².